The van der Waals surface area contributed by atoms with Gasteiger partial charge in [-0.2, -0.15) is 0 Å². The fourth-order valence-electron chi connectivity index (χ4n) is 1.71. The van der Waals surface area contributed by atoms with Crippen LogP contribution in [0.2, 0.25) is 0 Å². The van der Waals surface area contributed by atoms with E-state index in [1.54, 1.807) is 0 Å². The molecule has 82 valence electrons. The number of rotatable bonds is 3. The SMILES string of the molecule is CNc1cccc(C)c1Nc1ccccc1. The zero-order valence-corrected chi connectivity index (χ0v) is 9.62. The van der Waals surface area contributed by atoms with Gasteiger partial charge in [0.1, 0.15) is 0 Å². The molecule has 2 aromatic carbocycles. The van der Waals surface area contributed by atoms with Gasteiger partial charge in [0.25, 0.3) is 0 Å². The highest BCUT2D eigenvalue weighted by Gasteiger charge is 2.03. The van der Waals surface area contributed by atoms with Crippen molar-refractivity contribution >= 4 is 17.1 Å². The molecule has 0 aromatic heterocycles. The number of hydrogen-bond donors (Lipinski definition) is 2. The van der Waals surface area contributed by atoms with Crippen molar-refractivity contribution in [2.45, 2.75) is 6.92 Å². The maximum absolute atomic E-state index is 3.43. The van der Waals surface area contributed by atoms with E-state index in [-0.39, 0.29) is 0 Å². The van der Waals surface area contributed by atoms with Crippen molar-refractivity contribution in [3.8, 4) is 0 Å². The molecule has 0 radical (unpaired) electrons. The molecular weight excluding hydrogens is 196 g/mol. The van der Waals surface area contributed by atoms with Gasteiger partial charge >= 0.3 is 0 Å². The van der Waals surface area contributed by atoms with Crippen LogP contribution >= 0.6 is 0 Å². The summed E-state index contributed by atoms with van der Waals surface area (Å²) >= 11 is 0. The number of aryl methyl sites for hydroxylation is 1. The maximum atomic E-state index is 3.43. The lowest BCUT2D eigenvalue weighted by Crippen LogP contribution is -1.98. The molecule has 16 heavy (non-hydrogen) atoms. The van der Waals surface area contributed by atoms with E-state index in [9.17, 15) is 0 Å². The van der Waals surface area contributed by atoms with Gasteiger partial charge in [-0.25, -0.2) is 0 Å². The molecule has 0 fully saturated rings. The molecule has 0 aliphatic rings. The Kier molecular flexibility index (Phi) is 3.10. The van der Waals surface area contributed by atoms with Crippen molar-refractivity contribution in [1.29, 1.82) is 0 Å². The summed E-state index contributed by atoms with van der Waals surface area (Å²) in [5.41, 5.74) is 4.59. The van der Waals surface area contributed by atoms with Crippen molar-refractivity contribution < 1.29 is 0 Å². The molecule has 0 aliphatic heterocycles. The summed E-state index contributed by atoms with van der Waals surface area (Å²) in [6.45, 7) is 2.10. The molecule has 0 spiro atoms. The van der Waals surface area contributed by atoms with Gasteiger partial charge in [0.2, 0.25) is 0 Å². The van der Waals surface area contributed by atoms with E-state index in [0.29, 0.717) is 0 Å². The highest BCUT2D eigenvalue weighted by molar-refractivity contribution is 5.77. The predicted molar refractivity (Wildman–Crippen MR) is 70.5 cm³/mol. The molecule has 2 nitrogen and oxygen atoms in total. The Hall–Kier alpha value is -1.96. The van der Waals surface area contributed by atoms with Gasteiger partial charge in [-0.15, -0.1) is 0 Å². The molecule has 0 atom stereocenters. The second-order valence-corrected chi connectivity index (χ2v) is 3.74. The summed E-state index contributed by atoms with van der Waals surface area (Å²) in [6, 6.07) is 16.4. The number of anilines is 3. The Morgan fingerprint density at radius 2 is 1.62 bits per heavy atom. The highest BCUT2D eigenvalue weighted by Crippen LogP contribution is 2.28. The molecule has 0 bridgehead atoms. The summed E-state index contributed by atoms with van der Waals surface area (Å²) in [7, 11) is 1.94. The third-order valence-electron chi connectivity index (χ3n) is 2.59. The Balaban J connectivity index is 2.34. The fraction of sp³-hybridized carbons (Fsp3) is 0.143. The van der Waals surface area contributed by atoms with E-state index in [1.165, 1.54) is 5.56 Å². The Morgan fingerprint density at radius 3 is 2.31 bits per heavy atom. The lowest BCUT2D eigenvalue weighted by molar-refractivity contribution is 1.40. The average Bonchev–Trinajstić information content (AvgIpc) is 2.33. The van der Waals surface area contributed by atoms with E-state index in [0.717, 1.165) is 17.1 Å². The van der Waals surface area contributed by atoms with Crippen LogP contribution in [0.4, 0.5) is 17.1 Å². The molecule has 2 aromatic rings. The number of para-hydroxylation sites is 2. The molecule has 0 saturated carbocycles. The summed E-state index contributed by atoms with van der Waals surface area (Å²) < 4.78 is 0. The first-order chi connectivity index (χ1) is 7.81. The number of hydrogen-bond acceptors (Lipinski definition) is 2. The number of benzene rings is 2. The van der Waals surface area contributed by atoms with Crippen molar-refractivity contribution in [1.82, 2.24) is 0 Å². The van der Waals surface area contributed by atoms with Crippen LogP contribution in [0.1, 0.15) is 5.56 Å². The standard InChI is InChI=1S/C14H16N2/c1-11-7-6-10-13(15-2)14(11)16-12-8-4-3-5-9-12/h3-10,15-16H,1-2H3. The molecule has 2 N–H and O–H groups in total. The molecular formula is C14H16N2. The van der Waals surface area contributed by atoms with Crippen LogP contribution in [0.25, 0.3) is 0 Å². The monoisotopic (exact) mass is 212 g/mol. The zero-order valence-electron chi connectivity index (χ0n) is 9.62. The first-order valence-corrected chi connectivity index (χ1v) is 5.40. The summed E-state index contributed by atoms with van der Waals surface area (Å²) in [4.78, 5) is 0. The van der Waals surface area contributed by atoms with E-state index in [4.69, 9.17) is 0 Å². The first kappa shape index (κ1) is 10.6. The van der Waals surface area contributed by atoms with Gasteiger partial charge in [-0.1, -0.05) is 30.3 Å². The van der Waals surface area contributed by atoms with Gasteiger partial charge in [0.05, 0.1) is 11.4 Å². The molecule has 0 unspecified atom stereocenters. The van der Waals surface area contributed by atoms with Crippen molar-refractivity contribution in [3.63, 3.8) is 0 Å². The topological polar surface area (TPSA) is 24.1 Å². The highest BCUT2D eigenvalue weighted by atomic mass is 14.9. The zero-order chi connectivity index (χ0) is 11.4. The predicted octanol–water partition coefficient (Wildman–Crippen LogP) is 3.78. The summed E-state index contributed by atoms with van der Waals surface area (Å²) in [6.07, 6.45) is 0. The first-order valence-electron chi connectivity index (χ1n) is 5.40. The number of nitrogens with one attached hydrogen (secondary N) is 2. The van der Waals surface area contributed by atoms with Crippen LogP contribution in [0.15, 0.2) is 48.5 Å². The van der Waals surface area contributed by atoms with Gasteiger partial charge in [-0.3, -0.25) is 0 Å². The second kappa shape index (κ2) is 4.71. The van der Waals surface area contributed by atoms with E-state index >= 15 is 0 Å². The van der Waals surface area contributed by atoms with Crippen LogP contribution in [-0.2, 0) is 0 Å². The average molecular weight is 212 g/mol. The molecule has 0 heterocycles. The van der Waals surface area contributed by atoms with Crippen molar-refractivity contribution in [2.24, 2.45) is 0 Å². The van der Waals surface area contributed by atoms with Gasteiger partial charge in [0, 0.05) is 12.7 Å². The normalized spacial score (nSPS) is 9.88. The van der Waals surface area contributed by atoms with Gasteiger partial charge < -0.3 is 10.6 Å². The molecule has 2 heteroatoms. The third-order valence-corrected chi connectivity index (χ3v) is 2.59. The molecule has 0 aliphatic carbocycles. The molecule has 2 rings (SSSR count). The van der Waals surface area contributed by atoms with Crippen LogP contribution in [0.3, 0.4) is 0 Å². The van der Waals surface area contributed by atoms with Crippen LogP contribution in [-0.4, -0.2) is 7.05 Å². The summed E-state index contributed by atoms with van der Waals surface area (Å²) in [5.74, 6) is 0. The van der Waals surface area contributed by atoms with Crippen LogP contribution < -0.4 is 10.6 Å². The smallest absolute Gasteiger partial charge is 0.0649 e. The lowest BCUT2D eigenvalue weighted by atomic mass is 10.1. The Morgan fingerprint density at radius 1 is 0.875 bits per heavy atom. The summed E-state index contributed by atoms with van der Waals surface area (Å²) in [5, 5.41) is 6.62. The minimum atomic E-state index is 1.10. The van der Waals surface area contributed by atoms with Crippen LogP contribution in [0, 0.1) is 6.92 Å². The maximum Gasteiger partial charge on any atom is 0.0649 e. The van der Waals surface area contributed by atoms with E-state index < -0.39 is 0 Å². The van der Waals surface area contributed by atoms with E-state index in [1.807, 2.05) is 25.2 Å². The third kappa shape index (κ3) is 2.16. The van der Waals surface area contributed by atoms with Gasteiger partial charge in [0.15, 0.2) is 0 Å². The largest absolute Gasteiger partial charge is 0.386 e. The quantitative estimate of drug-likeness (QED) is 0.809. The fourth-order valence-corrected chi connectivity index (χ4v) is 1.71. The van der Waals surface area contributed by atoms with Crippen molar-refractivity contribution in [2.75, 3.05) is 17.7 Å². The van der Waals surface area contributed by atoms with Gasteiger partial charge in [-0.05, 0) is 30.7 Å². The lowest BCUT2D eigenvalue weighted by Gasteiger charge is -2.14. The van der Waals surface area contributed by atoms with Crippen LogP contribution in [0.5, 0.6) is 0 Å². The second-order valence-electron chi connectivity index (χ2n) is 3.74. The van der Waals surface area contributed by atoms with E-state index in [2.05, 4.69) is 47.9 Å². The minimum absolute atomic E-state index is 1.10. The molecule has 0 saturated heterocycles. The van der Waals surface area contributed by atoms with Crippen molar-refractivity contribution in [3.05, 3.63) is 54.1 Å². The molecule has 0 amide bonds. The Bertz CT molecular complexity index is 463. The minimum Gasteiger partial charge on any atom is -0.386 e. The Labute approximate surface area is 96.3 Å².